The van der Waals surface area contributed by atoms with Crippen molar-refractivity contribution in [3.05, 3.63) is 54.0 Å². The molecular weight excluding hydrogens is 354 g/mol. The molecule has 146 valence electrons. The number of hydrogen-bond acceptors (Lipinski definition) is 5. The van der Waals surface area contributed by atoms with Gasteiger partial charge in [0.15, 0.2) is 0 Å². The van der Waals surface area contributed by atoms with Crippen LogP contribution in [0.3, 0.4) is 0 Å². The number of piperidine rings is 1. The van der Waals surface area contributed by atoms with Crippen LogP contribution in [-0.2, 0) is 11.2 Å². The fourth-order valence-electron chi connectivity index (χ4n) is 4.35. The molecule has 1 atom stereocenters. The third kappa shape index (κ3) is 3.56. The van der Waals surface area contributed by atoms with Crippen LogP contribution in [0.15, 0.2) is 42.7 Å². The lowest BCUT2D eigenvalue weighted by molar-refractivity contribution is -0.144. The van der Waals surface area contributed by atoms with Crippen molar-refractivity contribution in [2.75, 3.05) is 31.1 Å². The average molecular weight is 379 g/mol. The zero-order chi connectivity index (χ0) is 19.6. The number of amides is 2. The molecule has 1 unspecified atom stereocenters. The number of nitrogens with zero attached hydrogens (tertiary/aromatic N) is 4. The quantitative estimate of drug-likeness (QED) is 0.853. The molecule has 2 aliphatic rings. The van der Waals surface area contributed by atoms with Gasteiger partial charge in [0.1, 0.15) is 11.5 Å². The fourth-order valence-corrected chi connectivity index (χ4v) is 4.35. The maximum Gasteiger partial charge on any atom is 0.268 e. The lowest BCUT2D eigenvalue weighted by atomic mass is 9.78. The molecule has 0 saturated carbocycles. The number of nitrogens with two attached hydrogens (primary N) is 1. The van der Waals surface area contributed by atoms with Crippen LogP contribution >= 0.6 is 0 Å². The van der Waals surface area contributed by atoms with Gasteiger partial charge in [-0.15, -0.1) is 0 Å². The zero-order valence-corrected chi connectivity index (χ0v) is 15.9. The summed E-state index contributed by atoms with van der Waals surface area (Å²) >= 11 is 0. The monoisotopic (exact) mass is 379 g/mol. The Morgan fingerprint density at radius 2 is 1.96 bits per heavy atom. The van der Waals surface area contributed by atoms with Crippen molar-refractivity contribution in [1.82, 2.24) is 14.9 Å². The van der Waals surface area contributed by atoms with Crippen LogP contribution in [0.25, 0.3) is 0 Å². The Labute approximate surface area is 164 Å². The van der Waals surface area contributed by atoms with Gasteiger partial charge in [-0.05, 0) is 31.2 Å². The molecule has 3 heterocycles. The maximum absolute atomic E-state index is 13.3. The summed E-state index contributed by atoms with van der Waals surface area (Å²) in [5.41, 5.74) is 6.36. The van der Waals surface area contributed by atoms with Crippen LogP contribution in [0, 0.1) is 5.41 Å². The summed E-state index contributed by atoms with van der Waals surface area (Å²) in [4.78, 5) is 37.2. The van der Waals surface area contributed by atoms with Gasteiger partial charge >= 0.3 is 0 Å². The number of aromatic nitrogens is 2. The smallest absolute Gasteiger partial charge is 0.268 e. The van der Waals surface area contributed by atoms with E-state index in [4.69, 9.17) is 5.73 Å². The molecular formula is C21H25N5O2. The molecule has 2 fully saturated rings. The molecule has 0 radical (unpaired) electrons. The van der Waals surface area contributed by atoms with Gasteiger partial charge in [-0.2, -0.15) is 0 Å². The van der Waals surface area contributed by atoms with E-state index >= 15 is 0 Å². The molecule has 4 rings (SSSR count). The molecule has 2 saturated heterocycles. The van der Waals surface area contributed by atoms with Crippen LogP contribution in [0.1, 0.15) is 35.3 Å². The largest absolute Gasteiger partial charge is 0.364 e. The summed E-state index contributed by atoms with van der Waals surface area (Å²) in [5, 5.41) is 0. The van der Waals surface area contributed by atoms with Gasteiger partial charge in [0.05, 0.1) is 17.8 Å². The van der Waals surface area contributed by atoms with Gasteiger partial charge in [-0.25, -0.2) is 4.98 Å². The van der Waals surface area contributed by atoms with E-state index in [0.29, 0.717) is 12.4 Å². The normalized spacial score (nSPS) is 22.1. The molecule has 1 aromatic heterocycles. The van der Waals surface area contributed by atoms with Crippen LogP contribution < -0.4 is 10.6 Å². The van der Waals surface area contributed by atoms with Crippen molar-refractivity contribution in [2.24, 2.45) is 11.1 Å². The summed E-state index contributed by atoms with van der Waals surface area (Å²) < 4.78 is 0. The Morgan fingerprint density at radius 1 is 1.14 bits per heavy atom. The van der Waals surface area contributed by atoms with E-state index in [1.165, 1.54) is 11.8 Å². The van der Waals surface area contributed by atoms with E-state index in [1.807, 2.05) is 23.1 Å². The van der Waals surface area contributed by atoms with Crippen molar-refractivity contribution in [3.8, 4) is 0 Å². The second-order valence-corrected chi connectivity index (χ2v) is 7.71. The van der Waals surface area contributed by atoms with Crippen LogP contribution in [0.4, 0.5) is 5.82 Å². The number of primary amides is 1. The first-order chi connectivity index (χ1) is 13.6. The molecule has 2 amide bonds. The Morgan fingerprint density at radius 3 is 2.75 bits per heavy atom. The first-order valence-corrected chi connectivity index (χ1v) is 9.77. The summed E-state index contributed by atoms with van der Waals surface area (Å²) in [6, 6.07) is 10.3. The van der Waals surface area contributed by atoms with Gasteiger partial charge < -0.3 is 15.5 Å². The number of anilines is 1. The van der Waals surface area contributed by atoms with E-state index in [-0.39, 0.29) is 17.0 Å². The summed E-state index contributed by atoms with van der Waals surface area (Å²) in [7, 11) is 0. The number of benzene rings is 1. The third-order valence-electron chi connectivity index (χ3n) is 5.89. The van der Waals surface area contributed by atoms with Gasteiger partial charge in [-0.1, -0.05) is 30.3 Å². The Hall–Kier alpha value is -2.96. The highest BCUT2D eigenvalue weighted by molar-refractivity contribution is 5.90. The molecule has 1 aromatic carbocycles. The molecule has 28 heavy (non-hydrogen) atoms. The lowest BCUT2D eigenvalue weighted by Gasteiger charge is -2.39. The highest BCUT2D eigenvalue weighted by Gasteiger charge is 2.48. The SMILES string of the molecule is NC(=O)c1cncc(N2CCC3(CCCN(CCc4ccccc4)C3=O)C2)n1. The van der Waals surface area contributed by atoms with Crippen LogP contribution in [0.5, 0.6) is 0 Å². The topological polar surface area (TPSA) is 92.4 Å². The second-order valence-electron chi connectivity index (χ2n) is 7.71. The van der Waals surface area contributed by atoms with Crippen LogP contribution in [0.2, 0.25) is 0 Å². The number of likely N-dealkylation sites (tertiary alicyclic amines) is 1. The Bertz CT molecular complexity index is 872. The van der Waals surface area contributed by atoms with Crippen molar-refractivity contribution < 1.29 is 9.59 Å². The minimum absolute atomic E-state index is 0.151. The van der Waals surface area contributed by atoms with E-state index in [2.05, 4.69) is 27.0 Å². The number of hydrogen-bond donors (Lipinski definition) is 1. The molecule has 7 heteroatoms. The van der Waals surface area contributed by atoms with E-state index < -0.39 is 5.91 Å². The predicted molar refractivity (Wildman–Crippen MR) is 106 cm³/mol. The van der Waals surface area contributed by atoms with Gasteiger partial charge in [0.2, 0.25) is 5.91 Å². The lowest BCUT2D eigenvalue weighted by Crippen LogP contribution is -2.50. The predicted octanol–water partition coefficient (Wildman–Crippen LogP) is 1.64. The molecule has 1 spiro atoms. The fraction of sp³-hybridized carbons (Fsp3) is 0.429. The molecule has 0 bridgehead atoms. The molecule has 7 nitrogen and oxygen atoms in total. The van der Waals surface area contributed by atoms with E-state index in [1.54, 1.807) is 6.20 Å². The van der Waals surface area contributed by atoms with E-state index in [9.17, 15) is 9.59 Å². The molecule has 2 aliphatic heterocycles. The molecule has 2 N–H and O–H groups in total. The van der Waals surface area contributed by atoms with Gasteiger partial charge in [0, 0.05) is 26.2 Å². The first kappa shape index (κ1) is 18.4. The van der Waals surface area contributed by atoms with Gasteiger partial charge in [-0.3, -0.25) is 14.6 Å². The number of carbonyl (C=O) groups is 2. The minimum Gasteiger partial charge on any atom is -0.364 e. The summed E-state index contributed by atoms with van der Waals surface area (Å²) in [6.45, 7) is 2.92. The third-order valence-corrected chi connectivity index (χ3v) is 5.89. The van der Waals surface area contributed by atoms with Crippen molar-refractivity contribution in [1.29, 1.82) is 0 Å². The average Bonchev–Trinajstić information content (AvgIpc) is 3.15. The highest BCUT2D eigenvalue weighted by Crippen LogP contribution is 2.41. The van der Waals surface area contributed by atoms with Crippen molar-refractivity contribution >= 4 is 17.6 Å². The Kier molecular flexibility index (Phi) is 4.98. The van der Waals surface area contributed by atoms with Crippen molar-refractivity contribution in [3.63, 3.8) is 0 Å². The van der Waals surface area contributed by atoms with Crippen molar-refractivity contribution in [2.45, 2.75) is 25.7 Å². The van der Waals surface area contributed by atoms with E-state index in [0.717, 1.165) is 45.3 Å². The maximum atomic E-state index is 13.3. The highest BCUT2D eigenvalue weighted by atomic mass is 16.2. The van der Waals surface area contributed by atoms with Gasteiger partial charge in [0.25, 0.3) is 5.91 Å². The van der Waals surface area contributed by atoms with Crippen LogP contribution in [-0.4, -0.2) is 52.9 Å². The molecule has 0 aliphatic carbocycles. The number of rotatable bonds is 5. The first-order valence-electron chi connectivity index (χ1n) is 9.77. The Balaban J connectivity index is 1.45. The molecule has 2 aromatic rings. The standard InChI is InChI=1S/C21H25N5O2/c22-19(27)17-13-23-14-18(24-17)26-12-9-21(15-26)8-4-10-25(20(21)28)11-7-16-5-2-1-3-6-16/h1-3,5-6,13-14H,4,7-12,15H2,(H2,22,27). The second kappa shape index (κ2) is 7.58. The summed E-state index contributed by atoms with van der Waals surface area (Å²) in [5.74, 6) is 0.266. The summed E-state index contributed by atoms with van der Waals surface area (Å²) in [6.07, 6.45) is 6.59. The number of carbonyl (C=O) groups excluding carboxylic acids is 2. The zero-order valence-electron chi connectivity index (χ0n) is 15.9. The minimum atomic E-state index is -0.593.